The van der Waals surface area contributed by atoms with Crippen molar-refractivity contribution in [3.8, 4) is 22.6 Å². The van der Waals surface area contributed by atoms with Gasteiger partial charge in [0.05, 0.1) is 6.10 Å². The van der Waals surface area contributed by atoms with Gasteiger partial charge < -0.3 is 9.84 Å². The summed E-state index contributed by atoms with van der Waals surface area (Å²) >= 11 is 0. The van der Waals surface area contributed by atoms with Crippen molar-refractivity contribution in [1.29, 1.82) is 0 Å². The molecule has 0 bridgehead atoms. The molecule has 1 atom stereocenters. The number of allylic oxidation sites excluding steroid dienone is 2. The number of aryl methyl sites for hydroxylation is 1. The smallest absolute Gasteiger partial charge is 0.131 e. The third-order valence-electron chi connectivity index (χ3n) is 5.71. The lowest BCUT2D eigenvalue weighted by molar-refractivity contribution is 0.237. The third kappa shape index (κ3) is 5.20. The van der Waals surface area contributed by atoms with Crippen molar-refractivity contribution in [2.75, 3.05) is 0 Å². The first-order valence-corrected chi connectivity index (χ1v) is 11.1. The summed E-state index contributed by atoms with van der Waals surface area (Å²) in [5.74, 6) is 1.43. The molecule has 1 heterocycles. The van der Waals surface area contributed by atoms with Gasteiger partial charge in [-0.2, -0.15) is 0 Å². The Morgan fingerprint density at radius 2 is 1.97 bits per heavy atom. The van der Waals surface area contributed by atoms with Crippen LogP contribution >= 0.6 is 0 Å². The highest BCUT2D eigenvalue weighted by atomic mass is 16.5. The summed E-state index contributed by atoms with van der Waals surface area (Å²) in [7, 11) is 0. The normalized spacial score (nSPS) is 16.7. The minimum Gasteiger partial charge on any atom is -0.507 e. The van der Waals surface area contributed by atoms with Crippen molar-refractivity contribution < 1.29 is 9.84 Å². The summed E-state index contributed by atoms with van der Waals surface area (Å²) in [6.45, 7) is 8.51. The molecule has 1 aromatic carbocycles. The molecule has 29 heavy (non-hydrogen) atoms. The molecular formula is C26H35NO2. The van der Waals surface area contributed by atoms with Crippen LogP contribution < -0.4 is 4.74 Å². The minimum atomic E-state index is 0.0667. The lowest BCUT2D eigenvalue weighted by Gasteiger charge is -2.27. The number of unbranched alkanes of at least 4 members (excludes halogenated alkanes) is 2. The predicted octanol–water partition coefficient (Wildman–Crippen LogP) is 7.19. The Morgan fingerprint density at radius 3 is 2.62 bits per heavy atom. The molecule has 0 spiro atoms. The van der Waals surface area contributed by atoms with E-state index in [4.69, 9.17) is 4.74 Å². The van der Waals surface area contributed by atoms with E-state index in [1.54, 1.807) is 12.4 Å². The summed E-state index contributed by atoms with van der Waals surface area (Å²) in [5.41, 5.74) is 5.49. The first kappa shape index (κ1) is 21.4. The fraction of sp³-hybridized carbons (Fsp3) is 0.500. The van der Waals surface area contributed by atoms with Crippen LogP contribution in [0.25, 0.3) is 11.1 Å². The molecule has 0 amide bonds. The van der Waals surface area contributed by atoms with Gasteiger partial charge in [-0.05, 0) is 82.2 Å². The molecule has 1 N–H and O–H groups in total. The fourth-order valence-corrected chi connectivity index (χ4v) is 4.36. The Hall–Kier alpha value is -2.29. The highest BCUT2D eigenvalue weighted by molar-refractivity contribution is 5.78. The van der Waals surface area contributed by atoms with E-state index in [9.17, 15) is 5.11 Å². The summed E-state index contributed by atoms with van der Waals surface area (Å²) < 4.78 is 6.25. The van der Waals surface area contributed by atoms with Gasteiger partial charge in [-0.15, -0.1) is 0 Å². The van der Waals surface area contributed by atoms with Gasteiger partial charge in [0.2, 0.25) is 0 Å². The number of aromatic hydroxyl groups is 1. The summed E-state index contributed by atoms with van der Waals surface area (Å²) in [5, 5.41) is 11.6. The standard InChI is InChI=1S/C26H35NO2/c1-5-6-7-10-22-17-23(29-18(2)3)25(21-11-8-9-19(4)16-21)26(28)24(22)20-12-14-27-15-13-20/h12-18,21,28H,5-11H2,1-4H3/t21-/m0/s1. The SMILES string of the molecule is CCCCCc1cc(OC(C)C)c([C@@H]2C=C(C)CCC2)c(O)c1-c1ccncc1. The fourth-order valence-electron chi connectivity index (χ4n) is 4.36. The first-order valence-electron chi connectivity index (χ1n) is 11.1. The lowest BCUT2D eigenvalue weighted by atomic mass is 9.82. The summed E-state index contributed by atoms with van der Waals surface area (Å²) in [4.78, 5) is 4.17. The second-order valence-electron chi connectivity index (χ2n) is 8.54. The van der Waals surface area contributed by atoms with Crippen LogP contribution in [0.5, 0.6) is 11.5 Å². The van der Waals surface area contributed by atoms with E-state index in [1.807, 2.05) is 12.1 Å². The van der Waals surface area contributed by atoms with E-state index in [1.165, 1.54) is 18.4 Å². The van der Waals surface area contributed by atoms with E-state index < -0.39 is 0 Å². The summed E-state index contributed by atoms with van der Waals surface area (Å²) in [6.07, 6.45) is 13.7. The molecule has 1 aromatic heterocycles. The number of rotatable bonds is 8. The zero-order valence-corrected chi connectivity index (χ0v) is 18.4. The van der Waals surface area contributed by atoms with Crippen LogP contribution in [-0.2, 0) is 6.42 Å². The minimum absolute atomic E-state index is 0.0667. The molecule has 0 saturated heterocycles. The zero-order chi connectivity index (χ0) is 20.8. The van der Waals surface area contributed by atoms with Gasteiger partial charge in [0.1, 0.15) is 11.5 Å². The molecule has 3 heteroatoms. The number of hydrogen-bond donors (Lipinski definition) is 1. The molecule has 156 valence electrons. The van der Waals surface area contributed by atoms with Crippen molar-refractivity contribution in [2.24, 2.45) is 0 Å². The van der Waals surface area contributed by atoms with Crippen LogP contribution in [0.1, 0.15) is 83.3 Å². The highest BCUT2D eigenvalue weighted by Crippen LogP contribution is 2.48. The van der Waals surface area contributed by atoms with E-state index in [2.05, 4.69) is 44.8 Å². The number of nitrogens with zero attached hydrogens (tertiary/aromatic N) is 1. The highest BCUT2D eigenvalue weighted by Gasteiger charge is 2.26. The van der Waals surface area contributed by atoms with Crippen molar-refractivity contribution in [1.82, 2.24) is 4.98 Å². The number of hydrogen-bond acceptors (Lipinski definition) is 3. The maximum absolute atomic E-state index is 11.6. The number of phenolic OH excluding ortho intramolecular Hbond substituents is 1. The third-order valence-corrected chi connectivity index (χ3v) is 5.71. The van der Waals surface area contributed by atoms with Gasteiger partial charge in [-0.3, -0.25) is 4.98 Å². The Labute approximate surface area is 175 Å². The Morgan fingerprint density at radius 1 is 1.21 bits per heavy atom. The predicted molar refractivity (Wildman–Crippen MR) is 121 cm³/mol. The largest absolute Gasteiger partial charge is 0.507 e. The molecule has 2 aromatic rings. The number of aromatic nitrogens is 1. The van der Waals surface area contributed by atoms with Crippen LogP contribution in [0, 0.1) is 0 Å². The van der Waals surface area contributed by atoms with Crippen LogP contribution in [0.15, 0.2) is 42.2 Å². The second kappa shape index (κ2) is 9.96. The van der Waals surface area contributed by atoms with Gasteiger partial charge >= 0.3 is 0 Å². The maximum Gasteiger partial charge on any atom is 0.131 e. The van der Waals surface area contributed by atoms with E-state index in [-0.39, 0.29) is 12.0 Å². The molecule has 1 aliphatic carbocycles. The quantitative estimate of drug-likeness (QED) is 0.381. The molecule has 0 unspecified atom stereocenters. The Kier molecular flexibility index (Phi) is 7.35. The molecule has 0 fully saturated rings. The van der Waals surface area contributed by atoms with E-state index in [0.717, 1.165) is 60.1 Å². The molecule has 3 nitrogen and oxygen atoms in total. The number of benzene rings is 1. The Balaban J connectivity index is 2.18. The van der Waals surface area contributed by atoms with E-state index >= 15 is 0 Å². The lowest BCUT2D eigenvalue weighted by Crippen LogP contribution is -2.12. The average Bonchev–Trinajstić information content (AvgIpc) is 2.68. The number of pyridine rings is 1. The van der Waals surface area contributed by atoms with Crippen molar-refractivity contribution >= 4 is 0 Å². The average molecular weight is 394 g/mol. The molecule has 1 aliphatic rings. The zero-order valence-electron chi connectivity index (χ0n) is 18.4. The second-order valence-corrected chi connectivity index (χ2v) is 8.54. The summed E-state index contributed by atoms with van der Waals surface area (Å²) in [6, 6.07) is 6.18. The molecule has 3 rings (SSSR count). The molecular weight excluding hydrogens is 358 g/mol. The topological polar surface area (TPSA) is 42.4 Å². The number of phenols is 1. The van der Waals surface area contributed by atoms with Crippen LogP contribution in [0.2, 0.25) is 0 Å². The van der Waals surface area contributed by atoms with Gasteiger partial charge in [0, 0.05) is 29.4 Å². The van der Waals surface area contributed by atoms with Gasteiger partial charge in [-0.25, -0.2) is 0 Å². The Bertz CT molecular complexity index is 840. The number of ether oxygens (including phenoxy) is 1. The molecule has 0 aliphatic heterocycles. The van der Waals surface area contributed by atoms with Crippen LogP contribution in [0.4, 0.5) is 0 Å². The van der Waals surface area contributed by atoms with Gasteiger partial charge in [0.25, 0.3) is 0 Å². The monoisotopic (exact) mass is 393 g/mol. The van der Waals surface area contributed by atoms with Gasteiger partial charge in [-0.1, -0.05) is 31.4 Å². The van der Waals surface area contributed by atoms with Crippen molar-refractivity contribution in [3.05, 3.63) is 53.4 Å². The van der Waals surface area contributed by atoms with Gasteiger partial charge in [0.15, 0.2) is 0 Å². The van der Waals surface area contributed by atoms with Crippen LogP contribution in [0.3, 0.4) is 0 Å². The molecule has 0 saturated carbocycles. The van der Waals surface area contributed by atoms with Crippen molar-refractivity contribution in [2.45, 2.75) is 84.7 Å². The maximum atomic E-state index is 11.6. The first-order chi connectivity index (χ1) is 14.0. The van der Waals surface area contributed by atoms with Crippen molar-refractivity contribution in [3.63, 3.8) is 0 Å². The molecule has 0 radical (unpaired) electrons. The van der Waals surface area contributed by atoms with E-state index in [0.29, 0.717) is 5.75 Å². The van der Waals surface area contributed by atoms with Crippen LogP contribution in [-0.4, -0.2) is 16.2 Å².